The Kier molecular flexibility index (Phi) is 6.82. The lowest BCUT2D eigenvalue weighted by atomic mass is 9.93. The van der Waals surface area contributed by atoms with Gasteiger partial charge in [0.15, 0.2) is 5.78 Å². The van der Waals surface area contributed by atoms with Gasteiger partial charge in [-0.05, 0) is 63.3 Å². The first-order valence-electron chi connectivity index (χ1n) is 11.8. The predicted molar refractivity (Wildman–Crippen MR) is 130 cm³/mol. The summed E-state index contributed by atoms with van der Waals surface area (Å²) in [6.45, 7) is 6.75. The number of ketones is 1. The van der Waals surface area contributed by atoms with Crippen LogP contribution in [0.25, 0.3) is 0 Å². The van der Waals surface area contributed by atoms with Gasteiger partial charge < -0.3 is 15.0 Å². The van der Waals surface area contributed by atoms with Crippen LogP contribution in [0.15, 0.2) is 53.5 Å². The maximum absolute atomic E-state index is 12.7. The Hall–Kier alpha value is -3.48. The first-order chi connectivity index (χ1) is 16.2. The molecule has 0 aromatic heterocycles. The van der Waals surface area contributed by atoms with Gasteiger partial charge in [-0.2, -0.15) is 0 Å². The highest BCUT2D eigenvalue weighted by atomic mass is 16.6. The van der Waals surface area contributed by atoms with Crippen LogP contribution in [0, 0.1) is 5.92 Å². The molecule has 2 heterocycles. The van der Waals surface area contributed by atoms with Gasteiger partial charge in [0.25, 0.3) is 0 Å². The van der Waals surface area contributed by atoms with Crippen molar-refractivity contribution < 1.29 is 19.1 Å². The van der Waals surface area contributed by atoms with Crippen LogP contribution < -0.4 is 5.32 Å². The van der Waals surface area contributed by atoms with Crippen molar-refractivity contribution in [1.82, 2.24) is 10.2 Å². The van der Waals surface area contributed by atoms with Crippen molar-refractivity contribution in [1.29, 1.82) is 0 Å². The number of carbonyl (C=O) groups excluding carboxylic acids is 3. The molecule has 0 saturated carbocycles. The van der Waals surface area contributed by atoms with Gasteiger partial charge in [0.05, 0.1) is 5.69 Å². The molecule has 34 heavy (non-hydrogen) atoms. The molecule has 1 fully saturated rings. The third-order valence-corrected chi connectivity index (χ3v) is 6.01. The Morgan fingerprint density at radius 3 is 2.41 bits per heavy atom. The Balaban J connectivity index is 1.26. The van der Waals surface area contributed by atoms with Crippen LogP contribution in [0.1, 0.15) is 61.5 Å². The van der Waals surface area contributed by atoms with Crippen molar-refractivity contribution >= 4 is 29.3 Å². The predicted octanol–water partition coefficient (Wildman–Crippen LogP) is 4.66. The number of amides is 2. The summed E-state index contributed by atoms with van der Waals surface area (Å²) in [5.74, 6) is 0.732. The summed E-state index contributed by atoms with van der Waals surface area (Å²) in [7, 11) is 0. The Bertz CT molecular complexity index is 1110. The SMILES string of the molecule is CC(C)(C)OC(=O)N1CCC(CC(=O)NC2=Nc3ccc(C(=O)c4ccccc4)cc3C2)CC1. The molecular formula is C27H31N3O4. The van der Waals surface area contributed by atoms with Gasteiger partial charge in [-0.3, -0.25) is 9.59 Å². The molecule has 7 nitrogen and oxygen atoms in total. The van der Waals surface area contributed by atoms with Crippen LogP contribution in [0.5, 0.6) is 0 Å². The molecule has 0 bridgehead atoms. The van der Waals surface area contributed by atoms with Gasteiger partial charge in [0, 0.05) is 37.1 Å². The second kappa shape index (κ2) is 9.79. The minimum absolute atomic E-state index is 0.0291. The minimum atomic E-state index is -0.511. The smallest absolute Gasteiger partial charge is 0.410 e. The molecule has 4 rings (SSSR count). The number of hydrogen-bond donors (Lipinski definition) is 1. The number of nitrogens with zero attached hydrogens (tertiary/aromatic N) is 2. The van der Waals surface area contributed by atoms with Crippen LogP contribution >= 0.6 is 0 Å². The fourth-order valence-corrected chi connectivity index (χ4v) is 4.29. The molecule has 2 aromatic rings. The number of benzene rings is 2. The van der Waals surface area contributed by atoms with Gasteiger partial charge in [0.2, 0.25) is 5.91 Å². The highest BCUT2D eigenvalue weighted by Crippen LogP contribution is 2.28. The molecule has 2 amide bonds. The maximum Gasteiger partial charge on any atom is 0.410 e. The van der Waals surface area contributed by atoms with E-state index < -0.39 is 5.60 Å². The highest BCUT2D eigenvalue weighted by Gasteiger charge is 2.28. The molecule has 2 aromatic carbocycles. The van der Waals surface area contributed by atoms with E-state index in [0.29, 0.717) is 42.9 Å². The first kappa shape index (κ1) is 23.7. The molecule has 2 aliphatic rings. The summed E-state index contributed by atoms with van der Waals surface area (Å²) in [6, 6.07) is 14.6. The van der Waals surface area contributed by atoms with Gasteiger partial charge >= 0.3 is 6.09 Å². The summed E-state index contributed by atoms with van der Waals surface area (Å²) < 4.78 is 5.43. The molecule has 1 N–H and O–H groups in total. The molecule has 0 radical (unpaired) electrons. The number of likely N-dealkylation sites (tertiary alicyclic amines) is 1. The number of hydrogen-bond acceptors (Lipinski definition) is 5. The molecule has 178 valence electrons. The van der Waals surface area contributed by atoms with Crippen LogP contribution in [0.4, 0.5) is 10.5 Å². The van der Waals surface area contributed by atoms with Gasteiger partial charge in [-0.25, -0.2) is 9.79 Å². The topological polar surface area (TPSA) is 88.1 Å². The zero-order valence-electron chi connectivity index (χ0n) is 20.0. The second-order valence-electron chi connectivity index (χ2n) is 9.94. The standard InChI is InChI=1S/C27H31N3O4/c1-27(2,3)34-26(33)30-13-11-18(12-14-30)15-24(31)29-23-17-21-16-20(9-10-22(21)28-23)25(32)19-7-5-4-6-8-19/h4-10,16,18H,11-15,17H2,1-3H3,(H,28,29,31). The van der Waals surface area contributed by atoms with E-state index in [9.17, 15) is 14.4 Å². The fraction of sp³-hybridized carbons (Fsp3) is 0.407. The van der Waals surface area contributed by atoms with Crippen LogP contribution in [0.2, 0.25) is 0 Å². The normalized spacial score (nSPS) is 16.0. The van der Waals surface area contributed by atoms with Crippen molar-refractivity contribution in [2.24, 2.45) is 10.9 Å². The summed E-state index contributed by atoms with van der Waals surface area (Å²) in [5.41, 5.74) is 2.47. The number of aliphatic imine (C=N–C) groups is 1. The average Bonchev–Trinajstić information content (AvgIpc) is 3.19. The van der Waals surface area contributed by atoms with E-state index in [1.165, 1.54) is 0 Å². The molecule has 0 atom stereocenters. The van der Waals surface area contributed by atoms with Crippen LogP contribution in [0.3, 0.4) is 0 Å². The van der Waals surface area contributed by atoms with Crippen molar-refractivity contribution in [3.05, 3.63) is 65.2 Å². The number of piperidine rings is 1. The van der Waals surface area contributed by atoms with Crippen molar-refractivity contribution in [3.63, 3.8) is 0 Å². The first-order valence-corrected chi connectivity index (χ1v) is 11.8. The molecule has 0 unspecified atom stereocenters. The average molecular weight is 462 g/mol. The Morgan fingerprint density at radius 1 is 1.03 bits per heavy atom. The molecule has 2 aliphatic heterocycles. The maximum atomic E-state index is 12.7. The number of ether oxygens (including phenoxy) is 1. The number of fused-ring (bicyclic) bond motifs is 1. The lowest BCUT2D eigenvalue weighted by molar-refractivity contribution is -0.120. The number of carbonyl (C=O) groups is 3. The van der Waals surface area contributed by atoms with E-state index in [-0.39, 0.29) is 23.7 Å². The Morgan fingerprint density at radius 2 is 1.74 bits per heavy atom. The Labute approximate surface area is 200 Å². The lowest BCUT2D eigenvalue weighted by Crippen LogP contribution is -2.42. The van der Waals surface area contributed by atoms with Gasteiger partial charge in [-0.1, -0.05) is 30.3 Å². The largest absolute Gasteiger partial charge is 0.444 e. The van der Waals surface area contributed by atoms with Gasteiger partial charge in [0.1, 0.15) is 11.4 Å². The molecule has 7 heteroatoms. The summed E-state index contributed by atoms with van der Waals surface area (Å²) in [6.07, 6.45) is 2.14. The minimum Gasteiger partial charge on any atom is -0.444 e. The van der Waals surface area contributed by atoms with E-state index in [0.717, 1.165) is 24.1 Å². The highest BCUT2D eigenvalue weighted by molar-refractivity contribution is 6.10. The lowest BCUT2D eigenvalue weighted by Gasteiger charge is -2.33. The van der Waals surface area contributed by atoms with E-state index in [4.69, 9.17) is 4.74 Å². The monoisotopic (exact) mass is 461 g/mol. The van der Waals surface area contributed by atoms with Gasteiger partial charge in [-0.15, -0.1) is 0 Å². The molecule has 1 saturated heterocycles. The van der Waals surface area contributed by atoms with E-state index in [1.54, 1.807) is 23.1 Å². The fourth-order valence-electron chi connectivity index (χ4n) is 4.29. The van der Waals surface area contributed by atoms with E-state index in [1.807, 2.05) is 51.1 Å². The number of nitrogens with one attached hydrogen (secondary N) is 1. The zero-order valence-corrected chi connectivity index (χ0v) is 20.0. The van der Waals surface area contributed by atoms with Crippen molar-refractivity contribution in [2.45, 2.75) is 52.1 Å². The molecule has 0 spiro atoms. The second-order valence-corrected chi connectivity index (χ2v) is 9.94. The summed E-state index contributed by atoms with van der Waals surface area (Å²) in [5, 5.41) is 2.94. The quantitative estimate of drug-likeness (QED) is 0.671. The van der Waals surface area contributed by atoms with Crippen LogP contribution in [-0.4, -0.2) is 47.2 Å². The van der Waals surface area contributed by atoms with Crippen molar-refractivity contribution in [3.8, 4) is 0 Å². The molecular weight excluding hydrogens is 430 g/mol. The zero-order chi connectivity index (χ0) is 24.3. The summed E-state index contributed by atoms with van der Waals surface area (Å²) in [4.78, 5) is 43.8. The third kappa shape index (κ3) is 5.90. The molecule has 0 aliphatic carbocycles. The summed E-state index contributed by atoms with van der Waals surface area (Å²) >= 11 is 0. The third-order valence-electron chi connectivity index (χ3n) is 6.01. The van der Waals surface area contributed by atoms with E-state index >= 15 is 0 Å². The number of rotatable bonds is 4. The number of amidine groups is 1. The van der Waals surface area contributed by atoms with E-state index in [2.05, 4.69) is 10.3 Å². The van der Waals surface area contributed by atoms with Crippen LogP contribution in [-0.2, 0) is 16.0 Å². The van der Waals surface area contributed by atoms with Crippen molar-refractivity contribution in [2.75, 3.05) is 13.1 Å².